The Hall–Kier alpha value is -2.62. The van der Waals surface area contributed by atoms with E-state index in [0.29, 0.717) is 13.0 Å². The molecule has 0 aliphatic heterocycles. The first-order valence-electron chi connectivity index (χ1n) is 7.77. The first kappa shape index (κ1) is 15.3. The van der Waals surface area contributed by atoms with Gasteiger partial charge in [0, 0.05) is 19.8 Å². The van der Waals surface area contributed by atoms with Gasteiger partial charge in [0.1, 0.15) is 5.65 Å². The van der Waals surface area contributed by atoms with Crippen molar-refractivity contribution in [1.82, 2.24) is 14.3 Å². The molecule has 0 N–H and O–H groups in total. The standard InChI is InChI=1S/C19H21N3O/c1-14-8-7-11-22-17(15(2)20-19(14)22)12-18(23)21(3)13-16-9-5-4-6-10-16/h4-11H,12-13H2,1-3H3. The molecule has 0 saturated carbocycles. The van der Waals surface area contributed by atoms with Gasteiger partial charge in [0.05, 0.1) is 17.8 Å². The Kier molecular flexibility index (Phi) is 4.15. The third kappa shape index (κ3) is 3.11. The molecule has 0 saturated heterocycles. The van der Waals surface area contributed by atoms with Crippen LogP contribution in [0.4, 0.5) is 0 Å². The van der Waals surface area contributed by atoms with Crippen LogP contribution in [0.3, 0.4) is 0 Å². The zero-order valence-corrected chi connectivity index (χ0v) is 13.8. The molecule has 0 unspecified atom stereocenters. The maximum absolute atomic E-state index is 12.6. The highest BCUT2D eigenvalue weighted by molar-refractivity contribution is 5.78. The summed E-state index contributed by atoms with van der Waals surface area (Å²) in [5.74, 6) is 0.0975. The zero-order valence-electron chi connectivity index (χ0n) is 13.8. The quantitative estimate of drug-likeness (QED) is 0.742. The van der Waals surface area contributed by atoms with E-state index in [2.05, 4.69) is 4.98 Å². The largest absolute Gasteiger partial charge is 0.341 e. The molecular formula is C19H21N3O. The highest BCUT2D eigenvalue weighted by atomic mass is 16.2. The number of likely N-dealkylation sites (N-methyl/N-ethyl adjacent to an activating group) is 1. The van der Waals surface area contributed by atoms with E-state index in [-0.39, 0.29) is 5.91 Å². The molecule has 4 nitrogen and oxygen atoms in total. The molecule has 1 amide bonds. The molecule has 0 aliphatic rings. The number of aromatic nitrogens is 2. The average molecular weight is 307 g/mol. The van der Waals surface area contributed by atoms with Crippen LogP contribution in [0.5, 0.6) is 0 Å². The van der Waals surface area contributed by atoms with E-state index in [1.807, 2.05) is 74.0 Å². The first-order chi connectivity index (χ1) is 11.1. The molecule has 3 rings (SSSR count). The number of aryl methyl sites for hydroxylation is 2. The Balaban J connectivity index is 1.80. The van der Waals surface area contributed by atoms with Crippen molar-refractivity contribution >= 4 is 11.6 Å². The molecule has 3 aromatic rings. The number of benzene rings is 1. The fourth-order valence-corrected chi connectivity index (χ4v) is 2.80. The predicted molar refractivity (Wildman–Crippen MR) is 91.3 cm³/mol. The van der Waals surface area contributed by atoms with Crippen LogP contribution in [0, 0.1) is 13.8 Å². The second-order valence-corrected chi connectivity index (χ2v) is 5.94. The monoisotopic (exact) mass is 307 g/mol. The Labute approximate surface area is 136 Å². The van der Waals surface area contributed by atoms with Gasteiger partial charge in [0.25, 0.3) is 0 Å². The maximum atomic E-state index is 12.6. The van der Waals surface area contributed by atoms with E-state index in [9.17, 15) is 4.79 Å². The van der Waals surface area contributed by atoms with Crippen LogP contribution in [-0.2, 0) is 17.8 Å². The van der Waals surface area contributed by atoms with Crippen LogP contribution in [0.1, 0.15) is 22.5 Å². The third-order valence-corrected chi connectivity index (χ3v) is 4.15. The molecule has 2 aromatic heterocycles. The summed E-state index contributed by atoms with van der Waals surface area (Å²) >= 11 is 0. The van der Waals surface area contributed by atoms with Gasteiger partial charge >= 0.3 is 0 Å². The van der Waals surface area contributed by atoms with Crippen molar-refractivity contribution in [2.75, 3.05) is 7.05 Å². The van der Waals surface area contributed by atoms with Crippen LogP contribution < -0.4 is 0 Å². The minimum Gasteiger partial charge on any atom is -0.341 e. The van der Waals surface area contributed by atoms with Crippen molar-refractivity contribution < 1.29 is 4.79 Å². The van der Waals surface area contributed by atoms with Crippen molar-refractivity contribution in [2.24, 2.45) is 0 Å². The molecular weight excluding hydrogens is 286 g/mol. The Morgan fingerprint density at radius 3 is 2.61 bits per heavy atom. The minimum absolute atomic E-state index is 0.0975. The van der Waals surface area contributed by atoms with Gasteiger partial charge in [0.15, 0.2) is 0 Å². The van der Waals surface area contributed by atoms with E-state index >= 15 is 0 Å². The molecule has 0 spiro atoms. The first-order valence-corrected chi connectivity index (χ1v) is 7.77. The smallest absolute Gasteiger partial charge is 0.228 e. The summed E-state index contributed by atoms with van der Waals surface area (Å²) in [4.78, 5) is 18.9. The molecule has 2 heterocycles. The van der Waals surface area contributed by atoms with Crippen LogP contribution in [0.2, 0.25) is 0 Å². The molecule has 0 atom stereocenters. The van der Waals surface area contributed by atoms with Crippen molar-refractivity contribution in [3.63, 3.8) is 0 Å². The average Bonchev–Trinajstić information content (AvgIpc) is 2.86. The molecule has 23 heavy (non-hydrogen) atoms. The van der Waals surface area contributed by atoms with Gasteiger partial charge in [-0.15, -0.1) is 0 Å². The lowest BCUT2D eigenvalue weighted by Gasteiger charge is -2.17. The highest BCUT2D eigenvalue weighted by Crippen LogP contribution is 2.16. The van der Waals surface area contributed by atoms with Gasteiger partial charge in [-0.25, -0.2) is 4.98 Å². The summed E-state index contributed by atoms with van der Waals surface area (Å²) < 4.78 is 2.03. The molecule has 0 aliphatic carbocycles. The topological polar surface area (TPSA) is 37.6 Å². The van der Waals surface area contributed by atoms with E-state index in [1.165, 1.54) is 0 Å². The second kappa shape index (κ2) is 6.24. The molecule has 1 aromatic carbocycles. The number of amides is 1. The SMILES string of the molecule is Cc1nc2c(C)cccn2c1CC(=O)N(C)Cc1ccccc1. The fraction of sp³-hybridized carbons (Fsp3) is 0.263. The molecule has 0 fully saturated rings. The van der Waals surface area contributed by atoms with E-state index in [0.717, 1.165) is 28.2 Å². The number of imidazole rings is 1. The van der Waals surface area contributed by atoms with Gasteiger partial charge in [-0.1, -0.05) is 36.4 Å². The Morgan fingerprint density at radius 2 is 1.87 bits per heavy atom. The second-order valence-electron chi connectivity index (χ2n) is 5.94. The number of carbonyl (C=O) groups is 1. The van der Waals surface area contributed by atoms with E-state index < -0.39 is 0 Å². The summed E-state index contributed by atoms with van der Waals surface area (Å²) in [5.41, 5.74) is 5.06. The summed E-state index contributed by atoms with van der Waals surface area (Å²) in [6.45, 7) is 4.62. The van der Waals surface area contributed by atoms with Crippen LogP contribution in [0.15, 0.2) is 48.7 Å². The number of nitrogens with zero attached hydrogens (tertiary/aromatic N) is 3. The third-order valence-electron chi connectivity index (χ3n) is 4.15. The van der Waals surface area contributed by atoms with E-state index in [1.54, 1.807) is 4.90 Å². The van der Waals surface area contributed by atoms with Crippen LogP contribution >= 0.6 is 0 Å². The number of pyridine rings is 1. The van der Waals surface area contributed by atoms with Crippen LogP contribution in [-0.4, -0.2) is 27.2 Å². The number of rotatable bonds is 4. The Morgan fingerprint density at radius 1 is 1.13 bits per heavy atom. The summed E-state index contributed by atoms with van der Waals surface area (Å²) in [6, 6.07) is 14.1. The maximum Gasteiger partial charge on any atom is 0.228 e. The van der Waals surface area contributed by atoms with Gasteiger partial charge in [-0.3, -0.25) is 4.79 Å². The zero-order chi connectivity index (χ0) is 16.4. The van der Waals surface area contributed by atoms with Crippen molar-refractivity contribution in [3.8, 4) is 0 Å². The summed E-state index contributed by atoms with van der Waals surface area (Å²) in [5, 5.41) is 0. The minimum atomic E-state index is 0.0975. The van der Waals surface area contributed by atoms with Gasteiger partial charge in [0.2, 0.25) is 5.91 Å². The summed E-state index contributed by atoms with van der Waals surface area (Å²) in [6.07, 6.45) is 2.34. The molecule has 0 radical (unpaired) electrons. The molecule has 4 heteroatoms. The molecule has 118 valence electrons. The number of carbonyl (C=O) groups excluding carboxylic acids is 1. The van der Waals surface area contributed by atoms with Crippen molar-refractivity contribution in [1.29, 1.82) is 0 Å². The fourth-order valence-electron chi connectivity index (χ4n) is 2.80. The van der Waals surface area contributed by atoms with E-state index in [4.69, 9.17) is 0 Å². The number of fused-ring (bicyclic) bond motifs is 1. The van der Waals surface area contributed by atoms with Crippen molar-refractivity contribution in [2.45, 2.75) is 26.8 Å². The van der Waals surface area contributed by atoms with Gasteiger partial charge in [-0.05, 0) is 31.0 Å². The predicted octanol–water partition coefficient (Wildman–Crippen LogP) is 3.15. The van der Waals surface area contributed by atoms with Crippen LogP contribution in [0.25, 0.3) is 5.65 Å². The lowest BCUT2D eigenvalue weighted by Crippen LogP contribution is -2.28. The Bertz CT molecular complexity index is 836. The summed E-state index contributed by atoms with van der Waals surface area (Å²) in [7, 11) is 1.85. The van der Waals surface area contributed by atoms with Gasteiger partial charge in [-0.2, -0.15) is 0 Å². The number of hydrogen-bond donors (Lipinski definition) is 0. The normalized spacial score (nSPS) is 10.9. The number of hydrogen-bond acceptors (Lipinski definition) is 2. The van der Waals surface area contributed by atoms with Crippen molar-refractivity contribution in [3.05, 3.63) is 71.2 Å². The highest BCUT2D eigenvalue weighted by Gasteiger charge is 2.16. The lowest BCUT2D eigenvalue weighted by atomic mass is 10.2. The van der Waals surface area contributed by atoms with Gasteiger partial charge < -0.3 is 9.30 Å². The molecule has 0 bridgehead atoms. The lowest BCUT2D eigenvalue weighted by molar-refractivity contribution is -0.129.